The number of hydrogen-bond donors (Lipinski definition) is 3. The molecule has 2 amide bonds. The zero-order valence-electron chi connectivity index (χ0n) is 8.58. The van der Waals surface area contributed by atoms with Crippen molar-refractivity contribution in [2.45, 2.75) is 4.90 Å². The minimum absolute atomic E-state index is 0.0809. The third kappa shape index (κ3) is 3.43. The van der Waals surface area contributed by atoms with Crippen LogP contribution in [0.4, 0.5) is 0 Å². The molecule has 1 aromatic carbocycles. The van der Waals surface area contributed by atoms with Gasteiger partial charge in [-0.2, -0.15) is 0 Å². The molecule has 1 rings (SSSR count). The molecule has 6 heteroatoms. The van der Waals surface area contributed by atoms with Crippen molar-refractivity contribution in [2.24, 2.45) is 0 Å². The Morgan fingerprint density at radius 2 is 2.12 bits per heavy atom. The number of nitrogens with one attached hydrogen (secondary N) is 2. The summed E-state index contributed by atoms with van der Waals surface area (Å²) < 4.78 is 0. The first-order valence-corrected chi connectivity index (χ1v) is 5.34. The fourth-order valence-electron chi connectivity index (χ4n) is 1.03. The number of hydrogen-bond acceptors (Lipinski definition) is 3. The lowest BCUT2D eigenvalue weighted by Crippen LogP contribution is -2.35. The van der Waals surface area contributed by atoms with Gasteiger partial charge in [0.15, 0.2) is 0 Å². The largest absolute Gasteiger partial charge is 0.358 e. The Bertz CT molecular complexity index is 423. The molecule has 0 saturated carbocycles. The molecule has 16 heavy (non-hydrogen) atoms. The molecule has 86 valence electrons. The van der Waals surface area contributed by atoms with Gasteiger partial charge in [-0.25, -0.2) is 0 Å². The number of likely N-dealkylation sites (N-methyl/N-ethyl adjacent to an activating group) is 1. The Morgan fingerprint density at radius 1 is 1.44 bits per heavy atom. The Morgan fingerprint density at radius 3 is 2.75 bits per heavy atom. The van der Waals surface area contributed by atoms with E-state index >= 15 is 0 Å². The molecule has 0 aromatic heterocycles. The number of amides is 2. The average Bonchev–Trinajstić information content (AvgIpc) is 2.28. The smallest absolute Gasteiger partial charge is 0.253 e. The van der Waals surface area contributed by atoms with Crippen LogP contribution in [0.5, 0.6) is 0 Å². The van der Waals surface area contributed by atoms with E-state index in [-0.39, 0.29) is 12.5 Å². The maximum absolute atomic E-state index is 11.6. The van der Waals surface area contributed by atoms with Crippen molar-refractivity contribution >= 4 is 36.0 Å². The van der Waals surface area contributed by atoms with Crippen LogP contribution in [0.2, 0.25) is 5.02 Å². The van der Waals surface area contributed by atoms with E-state index in [9.17, 15) is 9.59 Å². The lowest BCUT2D eigenvalue weighted by atomic mass is 10.2. The molecule has 0 unspecified atom stereocenters. The summed E-state index contributed by atoms with van der Waals surface area (Å²) in [6, 6.07) is 4.81. The fraction of sp³-hybridized carbons (Fsp3) is 0.200. The third-order valence-electron chi connectivity index (χ3n) is 1.88. The van der Waals surface area contributed by atoms with Gasteiger partial charge < -0.3 is 10.6 Å². The van der Waals surface area contributed by atoms with Gasteiger partial charge in [0.1, 0.15) is 0 Å². The zero-order valence-corrected chi connectivity index (χ0v) is 10.2. The molecule has 4 nitrogen and oxygen atoms in total. The van der Waals surface area contributed by atoms with E-state index in [1.165, 1.54) is 7.05 Å². The van der Waals surface area contributed by atoms with Gasteiger partial charge in [-0.3, -0.25) is 9.59 Å². The van der Waals surface area contributed by atoms with E-state index in [0.29, 0.717) is 15.5 Å². The van der Waals surface area contributed by atoms with Gasteiger partial charge in [0, 0.05) is 11.9 Å². The van der Waals surface area contributed by atoms with E-state index in [2.05, 4.69) is 23.3 Å². The van der Waals surface area contributed by atoms with Gasteiger partial charge in [-0.05, 0) is 18.2 Å². The van der Waals surface area contributed by atoms with Crippen LogP contribution in [0.3, 0.4) is 0 Å². The Labute approximate surface area is 104 Å². The molecule has 0 radical (unpaired) electrons. The molecule has 2 N–H and O–H groups in total. The maximum atomic E-state index is 11.6. The molecule has 0 spiro atoms. The second kappa shape index (κ2) is 5.77. The summed E-state index contributed by atoms with van der Waals surface area (Å²) in [5.74, 6) is -0.670. The van der Waals surface area contributed by atoms with Crippen LogP contribution in [-0.2, 0) is 4.79 Å². The van der Waals surface area contributed by atoms with Crippen molar-refractivity contribution in [3.8, 4) is 0 Å². The lowest BCUT2D eigenvalue weighted by molar-refractivity contribution is -0.119. The highest BCUT2D eigenvalue weighted by Gasteiger charge is 2.11. The van der Waals surface area contributed by atoms with E-state index in [0.717, 1.165) is 0 Å². The summed E-state index contributed by atoms with van der Waals surface area (Å²) in [4.78, 5) is 23.2. The normalized spacial score (nSPS) is 9.69. The standard InChI is InChI=1S/C10H11ClN2O2S/c1-12-9(14)5-13-10(15)7-4-6(16)2-3-8(7)11/h2-4,16H,5H2,1H3,(H,12,14)(H,13,15). The van der Waals surface area contributed by atoms with E-state index < -0.39 is 5.91 Å². The van der Waals surface area contributed by atoms with Crippen LogP contribution in [-0.4, -0.2) is 25.4 Å². The van der Waals surface area contributed by atoms with Crippen LogP contribution in [0, 0.1) is 0 Å². The predicted molar refractivity (Wildman–Crippen MR) is 65.1 cm³/mol. The minimum Gasteiger partial charge on any atom is -0.358 e. The molecule has 0 heterocycles. The molecule has 1 aromatic rings. The van der Waals surface area contributed by atoms with Crippen molar-refractivity contribution in [2.75, 3.05) is 13.6 Å². The van der Waals surface area contributed by atoms with Gasteiger partial charge in [0.2, 0.25) is 5.91 Å². The number of rotatable bonds is 3. The molecule has 0 atom stereocenters. The highest BCUT2D eigenvalue weighted by atomic mass is 35.5. The second-order valence-corrected chi connectivity index (χ2v) is 3.94. The molecular weight excluding hydrogens is 248 g/mol. The van der Waals surface area contributed by atoms with Gasteiger partial charge >= 0.3 is 0 Å². The fourth-order valence-corrected chi connectivity index (χ4v) is 1.44. The third-order valence-corrected chi connectivity index (χ3v) is 2.49. The molecular formula is C10H11ClN2O2S. The Balaban J connectivity index is 2.73. The van der Waals surface area contributed by atoms with Gasteiger partial charge in [-0.1, -0.05) is 11.6 Å². The summed E-state index contributed by atoms with van der Waals surface area (Å²) in [7, 11) is 1.50. The molecule has 0 aliphatic carbocycles. The zero-order chi connectivity index (χ0) is 12.1. The summed E-state index contributed by atoms with van der Waals surface area (Å²) >= 11 is 9.95. The molecule has 0 fully saturated rings. The van der Waals surface area contributed by atoms with Crippen molar-refractivity contribution in [1.82, 2.24) is 10.6 Å². The molecule has 0 aliphatic rings. The summed E-state index contributed by atoms with van der Waals surface area (Å²) in [6.07, 6.45) is 0. The first-order valence-electron chi connectivity index (χ1n) is 4.52. The van der Waals surface area contributed by atoms with Gasteiger partial charge in [0.05, 0.1) is 17.1 Å². The number of benzene rings is 1. The quantitative estimate of drug-likeness (QED) is 0.712. The van der Waals surface area contributed by atoms with Crippen molar-refractivity contribution in [3.63, 3.8) is 0 Å². The summed E-state index contributed by atoms with van der Waals surface area (Å²) in [5.41, 5.74) is 0.304. The number of carbonyl (C=O) groups is 2. The van der Waals surface area contributed by atoms with Crippen LogP contribution >= 0.6 is 24.2 Å². The predicted octanol–water partition coefficient (Wildman–Crippen LogP) is 1.10. The van der Waals surface area contributed by atoms with Crippen LogP contribution in [0.1, 0.15) is 10.4 Å². The van der Waals surface area contributed by atoms with E-state index in [1.807, 2.05) is 0 Å². The summed E-state index contributed by atoms with van der Waals surface area (Å²) in [5, 5.41) is 5.17. The molecule has 0 saturated heterocycles. The highest BCUT2D eigenvalue weighted by Crippen LogP contribution is 2.19. The molecule has 0 bridgehead atoms. The second-order valence-electron chi connectivity index (χ2n) is 3.02. The van der Waals surface area contributed by atoms with E-state index in [4.69, 9.17) is 11.6 Å². The highest BCUT2D eigenvalue weighted by molar-refractivity contribution is 7.80. The average molecular weight is 259 g/mol. The Kier molecular flexibility index (Phi) is 4.64. The monoisotopic (exact) mass is 258 g/mol. The first-order chi connectivity index (χ1) is 7.54. The van der Waals surface area contributed by atoms with Crippen molar-refractivity contribution in [1.29, 1.82) is 0 Å². The van der Waals surface area contributed by atoms with Crippen LogP contribution < -0.4 is 10.6 Å². The van der Waals surface area contributed by atoms with Crippen LogP contribution in [0.25, 0.3) is 0 Å². The van der Waals surface area contributed by atoms with Crippen molar-refractivity contribution in [3.05, 3.63) is 28.8 Å². The molecule has 0 aliphatic heterocycles. The first kappa shape index (κ1) is 12.9. The number of carbonyl (C=O) groups excluding carboxylic acids is 2. The van der Waals surface area contributed by atoms with Gasteiger partial charge in [-0.15, -0.1) is 12.6 Å². The summed E-state index contributed by atoms with van der Waals surface area (Å²) in [6.45, 7) is -0.0809. The van der Waals surface area contributed by atoms with Gasteiger partial charge in [0.25, 0.3) is 5.91 Å². The lowest BCUT2D eigenvalue weighted by Gasteiger charge is -2.06. The van der Waals surface area contributed by atoms with Crippen molar-refractivity contribution < 1.29 is 9.59 Å². The number of thiol groups is 1. The van der Waals surface area contributed by atoms with E-state index in [1.54, 1.807) is 18.2 Å². The minimum atomic E-state index is -0.399. The number of halogens is 1. The SMILES string of the molecule is CNC(=O)CNC(=O)c1cc(S)ccc1Cl. The maximum Gasteiger partial charge on any atom is 0.253 e. The topological polar surface area (TPSA) is 58.2 Å². The Hall–Kier alpha value is -1.20. The van der Waals surface area contributed by atoms with Crippen LogP contribution in [0.15, 0.2) is 23.1 Å².